The van der Waals surface area contributed by atoms with Gasteiger partial charge in [-0.25, -0.2) is 28.2 Å². The van der Waals surface area contributed by atoms with Crippen molar-refractivity contribution in [2.45, 2.75) is 11.8 Å². The first-order valence-electron chi connectivity index (χ1n) is 4.35. The summed E-state index contributed by atoms with van der Waals surface area (Å²) in [5.41, 5.74) is 0.383. The van der Waals surface area contributed by atoms with Crippen LogP contribution in [0.1, 0.15) is 5.69 Å². The summed E-state index contributed by atoms with van der Waals surface area (Å²) in [6.07, 6.45) is 4.27. The van der Waals surface area contributed by atoms with Gasteiger partial charge in [-0.2, -0.15) is 5.10 Å². The van der Waals surface area contributed by atoms with E-state index in [4.69, 9.17) is 5.14 Å². The number of sulfonamides is 1. The third-order valence-electron chi connectivity index (χ3n) is 2.01. The van der Waals surface area contributed by atoms with Crippen molar-refractivity contribution in [3.8, 4) is 5.95 Å². The molecule has 0 fully saturated rings. The van der Waals surface area contributed by atoms with E-state index in [1.54, 1.807) is 25.4 Å². The highest BCUT2D eigenvalue weighted by Crippen LogP contribution is 2.14. The van der Waals surface area contributed by atoms with Crippen LogP contribution in [0.2, 0.25) is 0 Å². The van der Waals surface area contributed by atoms with Crippen molar-refractivity contribution >= 4 is 10.0 Å². The molecule has 2 heterocycles. The van der Waals surface area contributed by atoms with E-state index < -0.39 is 10.0 Å². The van der Waals surface area contributed by atoms with Crippen LogP contribution < -0.4 is 5.14 Å². The molecule has 0 radical (unpaired) electrons. The molecule has 0 unspecified atom stereocenters. The molecular formula is C8H9N5O2S. The molecule has 0 saturated carbocycles. The molecule has 7 nitrogen and oxygen atoms in total. The molecule has 84 valence electrons. The molecule has 0 aliphatic carbocycles. The third kappa shape index (κ3) is 1.79. The SMILES string of the molecule is Cc1c(S(N)(=O)=O)cnn1-c1ncccn1. The summed E-state index contributed by atoms with van der Waals surface area (Å²) in [5, 5.41) is 8.91. The molecule has 16 heavy (non-hydrogen) atoms. The highest BCUT2D eigenvalue weighted by molar-refractivity contribution is 7.89. The summed E-state index contributed by atoms with van der Waals surface area (Å²) >= 11 is 0. The largest absolute Gasteiger partial charge is 0.250 e. The Hall–Kier alpha value is -1.80. The Morgan fingerprint density at radius 3 is 2.44 bits per heavy atom. The predicted molar refractivity (Wildman–Crippen MR) is 55.3 cm³/mol. The first-order chi connectivity index (χ1) is 7.50. The van der Waals surface area contributed by atoms with Crippen LogP contribution in [0.3, 0.4) is 0 Å². The Labute approximate surface area is 92.0 Å². The Morgan fingerprint density at radius 2 is 1.94 bits per heavy atom. The number of nitrogens with zero attached hydrogens (tertiary/aromatic N) is 4. The molecule has 2 N–H and O–H groups in total. The van der Waals surface area contributed by atoms with E-state index in [9.17, 15) is 8.42 Å². The summed E-state index contributed by atoms with van der Waals surface area (Å²) in [4.78, 5) is 7.89. The quantitative estimate of drug-likeness (QED) is 0.769. The zero-order valence-electron chi connectivity index (χ0n) is 8.40. The predicted octanol–water partition coefficient (Wildman–Crippen LogP) is -0.382. The lowest BCUT2D eigenvalue weighted by Gasteiger charge is -2.01. The number of hydrogen-bond donors (Lipinski definition) is 1. The van der Waals surface area contributed by atoms with Crippen molar-refractivity contribution in [1.82, 2.24) is 19.7 Å². The number of nitrogens with two attached hydrogens (primary N) is 1. The number of hydrogen-bond acceptors (Lipinski definition) is 5. The second kappa shape index (κ2) is 3.65. The van der Waals surface area contributed by atoms with Gasteiger partial charge in [-0.15, -0.1) is 0 Å². The van der Waals surface area contributed by atoms with Gasteiger partial charge in [0.1, 0.15) is 4.90 Å². The summed E-state index contributed by atoms with van der Waals surface area (Å²) in [7, 11) is -3.76. The van der Waals surface area contributed by atoms with E-state index in [-0.39, 0.29) is 4.90 Å². The van der Waals surface area contributed by atoms with Gasteiger partial charge < -0.3 is 0 Å². The fourth-order valence-corrected chi connectivity index (χ4v) is 1.97. The Kier molecular flexibility index (Phi) is 2.44. The lowest BCUT2D eigenvalue weighted by Crippen LogP contribution is -2.13. The number of primary sulfonamides is 1. The van der Waals surface area contributed by atoms with Gasteiger partial charge in [-0.3, -0.25) is 0 Å². The standard InChI is InChI=1S/C8H9N5O2S/c1-6-7(16(9,14)15)5-12-13(6)8-10-3-2-4-11-8/h2-5H,1H3,(H2,9,14,15). The van der Waals surface area contributed by atoms with Gasteiger partial charge in [0.2, 0.25) is 10.0 Å². The smallest absolute Gasteiger partial charge is 0.225 e. The van der Waals surface area contributed by atoms with Crippen molar-refractivity contribution in [2.75, 3.05) is 0 Å². The summed E-state index contributed by atoms with van der Waals surface area (Å²) in [5.74, 6) is 0.301. The molecule has 0 atom stereocenters. The minimum atomic E-state index is -3.76. The van der Waals surface area contributed by atoms with Crippen molar-refractivity contribution in [1.29, 1.82) is 0 Å². The average molecular weight is 239 g/mol. The molecule has 2 aromatic rings. The number of aromatic nitrogens is 4. The second-order valence-corrected chi connectivity index (χ2v) is 4.63. The molecular weight excluding hydrogens is 230 g/mol. The van der Waals surface area contributed by atoms with Gasteiger partial charge in [0.05, 0.1) is 11.9 Å². The molecule has 0 saturated heterocycles. The minimum Gasteiger partial charge on any atom is -0.225 e. The van der Waals surface area contributed by atoms with Gasteiger partial charge in [0.25, 0.3) is 5.95 Å². The Morgan fingerprint density at radius 1 is 1.31 bits per heavy atom. The zero-order valence-corrected chi connectivity index (χ0v) is 9.22. The van der Waals surface area contributed by atoms with Crippen LogP contribution >= 0.6 is 0 Å². The first kappa shape index (κ1) is 10.7. The van der Waals surface area contributed by atoms with Crippen LogP contribution in [-0.2, 0) is 10.0 Å². The molecule has 0 aliphatic rings. The Bertz CT molecular complexity index is 605. The molecule has 0 spiro atoms. The van der Waals surface area contributed by atoms with Gasteiger partial charge in [-0.1, -0.05) is 0 Å². The molecule has 2 aromatic heterocycles. The molecule has 8 heteroatoms. The van der Waals surface area contributed by atoms with Crippen molar-refractivity contribution < 1.29 is 8.42 Å². The topological polar surface area (TPSA) is 104 Å². The van der Waals surface area contributed by atoms with Crippen molar-refractivity contribution in [3.63, 3.8) is 0 Å². The summed E-state index contributed by atoms with van der Waals surface area (Å²) < 4.78 is 23.7. The van der Waals surface area contributed by atoms with Crippen LogP contribution in [0.15, 0.2) is 29.6 Å². The van der Waals surface area contributed by atoms with Crippen LogP contribution in [0.5, 0.6) is 0 Å². The van der Waals surface area contributed by atoms with Crippen LogP contribution in [0.25, 0.3) is 5.95 Å². The molecule has 0 amide bonds. The normalized spacial score (nSPS) is 11.6. The maximum absolute atomic E-state index is 11.2. The fourth-order valence-electron chi connectivity index (χ4n) is 1.28. The second-order valence-electron chi connectivity index (χ2n) is 3.10. The van der Waals surface area contributed by atoms with E-state index in [1.165, 1.54) is 10.9 Å². The summed E-state index contributed by atoms with van der Waals surface area (Å²) in [6.45, 7) is 1.59. The van der Waals surface area contributed by atoms with Crippen molar-refractivity contribution in [3.05, 3.63) is 30.4 Å². The molecule has 0 bridgehead atoms. The molecule has 2 rings (SSSR count). The highest BCUT2D eigenvalue weighted by Gasteiger charge is 2.17. The average Bonchev–Trinajstić information content (AvgIpc) is 2.61. The lowest BCUT2D eigenvalue weighted by molar-refractivity contribution is 0.597. The molecule has 0 aliphatic heterocycles. The van der Waals surface area contributed by atoms with Crippen molar-refractivity contribution in [2.24, 2.45) is 5.14 Å². The van der Waals surface area contributed by atoms with Crippen LogP contribution in [0, 0.1) is 6.92 Å². The van der Waals surface area contributed by atoms with Gasteiger partial charge in [0.15, 0.2) is 0 Å². The van der Waals surface area contributed by atoms with E-state index in [1.807, 2.05) is 0 Å². The number of rotatable bonds is 2. The van der Waals surface area contributed by atoms with E-state index >= 15 is 0 Å². The van der Waals surface area contributed by atoms with Crippen LogP contribution in [0.4, 0.5) is 0 Å². The lowest BCUT2D eigenvalue weighted by atomic mass is 10.5. The highest BCUT2D eigenvalue weighted by atomic mass is 32.2. The van der Waals surface area contributed by atoms with Crippen LogP contribution in [-0.4, -0.2) is 28.2 Å². The Balaban J connectivity index is 2.59. The van der Waals surface area contributed by atoms with Gasteiger partial charge in [0, 0.05) is 12.4 Å². The third-order valence-corrected chi connectivity index (χ3v) is 3.03. The minimum absolute atomic E-state index is 0.0278. The fraction of sp³-hybridized carbons (Fsp3) is 0.125. The zero-order chi connectivity index (χ0) is 11.8. The van der Waals surface area contributed by atoms with Gasteiger partial charge >= 0.3 is 0 Å². The van der Waals surface area contributed by atoms with Gasteiger partial charge in [-0.05, 0) is 13.0 Å². The monoisotopic (exact) mass is 239 g/mol. The maximum atomic E-state index is 11.2. The maximum Gasteiger partial charge on any atom is 0.250 e. The van der Waals surface area contributed by atoms with E-state index in [0.717, 1.165) is 0 Å². The molecule has 0 aromatic carbocycles. The first-order valence-corrected chi connectivity index (χ1v) is 5.89. The van der Waals surface area contributed by atoms with E-state index in [0.29, 0.717) is 11.6 Å². The summed E-state index contributed by atoms with van der Waals surface area (Å²) in [6, 6.07) is 1.66. The van der Waals surface area contributed by atoms with E-state index in [2.05, 4.69) is 15.1 Å².